The molecule has 0 heterocycles. The third kappa shape index (κ3) is 3.44. The minimum atomic E-state index is 0.0155. The van der Waals surface area contributed by atoms with Crippen LogP contribution in [0, 0.1) is 20.8 Å². The summed E-state index contributed by atoms with van der Waals surface area (Å²) in [5.41, 5.74) is 3.99. The molecule has 0 aromatic heterocycles. The molecule has 0 radical (unpaired) electrons. The molecule has 0 saturated heterocycles. The second-order valence-corrected chi connectivity index (χ2v) is 4.84. The van der Waals surface area contributed by atoms with E-state index in [1.54, 1.807) is 0 Å². The van der Waals surface area contributed by atoms with Crippen LogP contribution < -0.4 is 4.74 Å². The number of Topliss-reactive ketones (excluding diaryl/α,β-unsaturated/α-hetero) is 1. The fourth-order valence-corrected chi connectivity index (χ4v) is 1.90. The van der Waals surface area contributed by atoms with E-state index in [9.17, 15) is 4.79 Å². The largest absolute Gasteiger partial charge is 0.485 e. The molecule has 0 spiro atoms. The van der Waals surface area contributed by atoms with Gasteiger partial charge in [-0.3, -0.25) is 4.79 Å². The van der Waals surface area contributed by atoms with Crippen molar-refractivity contribution in [3.63, 3.8) is 0 Å². The molecule has 0 unspecified atom stereocenters. The standard InChI is InChI=1S/C17H18O2/c1-12-5-8-15(9-6-12)19-11-17(18)16-10-13(2)4-7-14(16)3/h4-10H,11H2,1-3H3. The van der Waals surface area contributed by atoms with Crippen LogP contribution in [0.15, 0.2) is 42.5 Å². The van der Waals surface area contributed by atoms with E-state index in [4.69, 9.17) is 4.74 Å². The lowest BCUT2D eigenvalue weighted by atomic mass is 10.0. The summed E-state index contributed by atoms with van der Waals surface area (Å²) in [6.07, 6.45) is 0. The number of aryl methyl sites for hydroxylation is 3. The number of ether oxygens (including phenoxy) is 1. The van der Waals surface area contributed by atoms with Gasteiger partial charge in [-0.2, -0.15) is 0 Å². The molecule has 19 heavy (non-hydrogen) atoms. The van der Waals surface area contributed by atoms with Gasteiger partial charge >= 0.3 is 0 Å². The highest BCUT2D eigenvalue weighted by Gasteiger charge is 2.10. The van der Waals surface area contributed by atoms with Gasteiger partial charge in [0.05, 0.1) is 0 Å². The molecule has 0 amide bonds. The van der Waals surface area contributed by atoms with Crippen molar-refractivity contribution in [3.8, 4) is 5.75 Å². The van der Waals surface area contributed by atoms with E-state index in [2.05, 4.69) is 0 Å². The summed E-state index contributed by atoms with van der Waals surface area (Å²) < 4.78 is 5.52. The second-order valence-electron chi connectivity index (χ2n) is 4.84. The van der Waals surface area contributed by atoms with Gasteiger partial charge in [0.1, 0.15) is 5.75 Å². The highest BCUT2D eigenvalue weighted by molar-refractivity contribution is 5.98. The fraction of sp³-hybridized carbons (Fsp3) is 0.235. The molecule has 0 saturated carbocycles. The Hall–Kier alpha value is -2.09. The number of carbonyl (C=O) groups is 1. The second kappa shape index (κ2) is 5.70. The number of carbonyl (C=O) groups excluding carboxylic acids is 1. The molecule has 0 fully saturated rings. The van der Waals surface area contributed by atoms with Gasteiger partial charge in [-0.25, -0.2) is 0 Å². The number of hydrogen-bond acceptors (Lipinski definition) is 2. The van der Waals surface area contributed by atoms with Crippen molar-refractivity contribution in [3.05, 3.63) is 64.7 Å². The molecule has 2 aromatic carbocycles. The van der Waals surface area contributed by atoms with E-state index < -0.39 is 0 Å². The van der Waals surface area contributed by atoms with Gasteiger partial charge in [-0.15, -0.1) is 0 Å². The minimum Gasteiger partial charge on any atom is -0.485 e. The van der Waals surface area contributed by atoms with Crippen LogP contribution in [0.1, 0.15) is 27.0 Å². The molecule has 2 nitrogen and oxygen atoms in total. The number of benzene rings is 2. The molecule has 98 valence electrons. The van der Waals surface area contributed by atoms with Crippen molar-refractivity contribution in [1.82, 2.24) is 0 Å². The van der Waals surface area contributed by atoms with E-state index in [1.165, 1.54) is 5.56 Å². The third-order valence-corrected chi connectivity index (χ3v) is 3.08. The molecule has 0 N–H and O–H groups in total. The Morgan fingerprint density at radius 1 is 0.947 bits per heavy atom. The first-order valence-corrected chi connectivity index (χ1v) is 6.36. The van der Waals surface area contributed by atoms with Crippen LogP contribution in [-0.4, -0.2) is 12.4 Å². The Bertz CT molecular complexity index is 583. The zero-order chi connectivity index (χ0) is 13.8. The smallest absolute Gasteiger partial charge is 0.200 e. The van der Waals surface area contributed by atoms with Gasteiger partial charge in [0, 0.05) is 5.56 Å². The summed E-state index contributed by atoms with van der Waals surface area (Å²) in [5.74, 6) is 0.742. The number of hydrogen-bond donors (Lipinski definition) is 0. The van der Waals surface area contributed by atoms with Gasteiger partial charge in [-0.05, 0) is 44.5 Å². The molecule has 0 aliphatic rings. The van der Waals surface area contributed by atoms with E-state index in [-0.39, 0.29) is 12.4 Å². The summed E-state index contributed by atoms with van der Waals surface area (Å²) in [4.78, 5) is 12.1. The topological polar surface area (TPSA) is 26.3 Å². The maximum absolute atomic E-state index is 12.1. The predicted molar refractivity (Wildman–Crippen MR) is 76.9 cm³/mol. The normalized spacial score (nSPS) is 10.3. The highest BCUT2D eigenvalue weighted by Crippen LogP contribution is 2.14. The number of rotatable bonds is 4. The zero-order valence-electron chi connectivity index (χ0n) is 11.6. The SMILES string of the molecule is Cc1ccc(OCC(=O)c2cc(C)ccc2C)cc1. The Kier molecular flexibility index (Phi) is 4.00. The maximum Gasteiger partial charge on any atom is 0.200 e. The maximum atomic E-state index is 12.1. The number of ketones is 1. The first-order valence-electron chi connectivity index (χ1n) is 6.36. The summed E-state index contributed by atoms with van der Waals surface area (Å²) in [7, 11) is 0. The lowest BCUT2D eigenvalue weighted by Crippen LogP contribution is -2.13. The van der Waals surface area contributed by atoms with E-state index in [0.717, 1.165) is 22.4 Å². The molecule has 2 rings (SSSR count). The van der Waals surface area contributed by atoms with Crippen LogP contribution in [0.2, 0.25) is 0 Å². The first-order chi connectivity index (χ1) is 9.06. The molecule has 0 aliphatic heterocycles. The molecule has 0 atom stereocenters. The minimum absolute atomic E-state index is 0.0155. The first kappa shape index (κ1) is 13.3. The molecule has 2 aromatic rings. The summed E-state index contributed by atoms with van der Waals surface area (Å²) in [5, 5.41) is 0. The van der Waals surface area contributed by atoms with Crippen molar-refractivity contribution < 1.29 is 9.53 Å². The average molecular weight is 254 g/mol. The van der Waals surface area contributed by atoms with Crippen molar-refractivity contribution in [2.75, 3.05) is 6.61 Å². The Balaban J connectivity index is 2.05. The monoisotopic (exact) mass is 254 g/mol. The zero-order valence-corrected chi connectivity index (χ0v) is 11.6. The van der Waals surface area contributed by atoms with Gasteiger partial charge in [-0.1, -0.05) is 35.4 Å². The van der Waals surface area contributed by atoms with Crippen LogP contribution in [-0.2, 0) is 0 Å². The van der Waals surface area contributed by atoms with E-state index >= 15 is 0 Å². The van der Waals surface area contributed by atoms with Crippen molar-refractivity contribution >= 4 is 5.78 Å². The van der Waals surface area contributed by atoms with Gasteiger partial charge < -0.3 is 4.74 Å². The average Bonchev–Trinajstić information content (AvgIpc) is 2.40. The lowest BCUT2D eigenvalue weighted by Gasteiger charge is -2.08. The summed E-state index contributed by atoms with van der Waals surface area (Å²) >= 11 is 0. The van der Waals surface area contributed by atoms with Crippen LogP contribution in [0.4, 0.5) is 0 Å². The van der Waals surface area contributed by atoms with Crippen LogP contribution in [0.3, 0.4) is 0 Å². The van der Waals surface area contributed by atoms with Crippen molar-refractivity contribution in [1.29, 1.82) is 0 Å². The molecule has 2 heteroatoms. The third-order valence-electron chi connectivity index (χ3n) is 3.08. The van der Waals surface area contributed by atoms with Crippen molar-refractivity contribution in [2.24, 2.45) is 0 Å². The quantitative estimate of drug-likeness (QED) is 0.774. The summed E-state index contributed by atoms with van der Waals surface area (Å²) in [6, 6.07) is 13.6. The van der Waals surface area contributed by atoms with E-state index in [0.29, 0.717) is 0 Å². The molecule has 0 aliphatic carbocycles. The summed E-state index contributed by atoms with van der Waals surface area (Å²) in [6.45, 7) is 6.02. The van der Waals surface area contributed by atoms with Crippen LogP contribution in [0.25, 0.3) is 0 Å². The lowest BCUT2D eigenvalue weighted by molar-refractivity contribution is 0.0921. The Morgan fingerprint density at radius 3 is 2.26 bits per heavy atom. The Labute approximate surface area is 114 Å². The predicted octanol–water partition coefficient (Wildman–Crippen LogP) is 3.87. The van der Waals surface area contributed by atoms with E-state index in [1.807, 2.05) is 63.2 Å². The molecular weight excluding hydrogens is 236 g/mol. The van der Waals surface area contributed by atoms with Crippen molar-refractivity contribution in [2.45, 2.75) is 20.8 Å². The van der Waals surface area contributed by atoms with Gasteiger partial charge in [0.15, 0.2) is 12.4 Å². The van der Waals surface area contributed by atoms with Gasteiger partial charge in [0.25, 0.3) is 0 Å². The van der Waals surface area contributed by atoms with Crippen LogP contribution in [0.5, 0.6) is 5.75 Å². The van der Waals surface area contributed by atoms with Gasteiger partial charge in [0.2, 0.25) is 0 Å². The fourth-order valence-electron chi connectivity index (χ4n) is 1.90. The molecular formula is C17H18O2. The van der Waals surface area contributed by atoms with Crippen LogP contribution >= 0.6 is 0 Å². The Morgan fingerprint density at radius 2 is 1.58 bits per heavy atom. The highest BCUT2D eigenvalue weighted by atomic mass is 16.5. The molecule has 0 bridgehead atoms.